The van der Waals surface area contributed by atoms with Crippen molar-refractivity contribution in [1.82, 2.24) is 0 Å². The molecule has 136 valence electrons. The van der Waals surface area contributed by atoms with Gasteiger partial charge in [-0.05, 0) is 35.7 Å². The second-order valence-corrected chi connectivity index (χ2v) is 7.54. The molecule has 4 nitrogen and oxygen atoms in total. The third kappa shape index (κ3) is 6.24. The number of rotatable bonds is 8. The number of ether oxygens (including phenoxy) is 1. The highest BCUT2D eigenvalue weighted by atomic mass is 79.9. The molecule has 1 N–H and O–H groups in total. The molecule has 0 aliphatic heterocycles. The summed E-state index contributed by atoms with van der Waals surface area (Å²) in [6, 6.07) is 11.9. The highest BCUT2D eigenvalue weighted by Gasteiger charge is 2.37. The molecule has 2 rings (SSSR count). The van der Waals surface area contributed by atoms with E-state index in [1.807, 2.05) is 24.3 Å². The Morgan fingerprint density at radius 3 is 2.48 bits per heavy atom. The average Bonchev–Trinajstić information content (AvgIpc) is 2.51. The highest BCUT2D eigenvalue weighted by molar-refractivity contribution is 9.10. The first-order valence-corrected chi connectivity index (χ1v) is 10.0. The van der Waals surface area contributed by atoms with E-state index in [9.17, 15) is 13.3 Å². The maximum Gasteiger partial charge on any atom is 0.390 e. The summed E-state index contributed by atoms with van der Waals surface area (Å²) in [7, 11) is -3.76. The van der Waals surface area contributed by atoms with Crippen LogP contribution in [-0.2, 0) is 33.0 Å². The molecular formula is C16H15Br2F2O4P. The highest BCUT2D eigenvalue weighted by Crippen LogP contribution is 2.40. The molecule has 0 amide bonds. The molecule has 0 heterocycles. The Morgan fingerprint density at radius 1 is 1.12 bits per heavy atom. The minimum Gasteiger partial charge on any atom is -0.376 e. The maximum absolute atomic E-state index is 13.7. The number of benzene rings is 2. The fourth-order valence-electron chi connectivity index (χ4n) is 2.12. The van der Waals surface area contributed by atoms with E-state index in [1.54, 1.807) is 0 Å². The van der Waals surface area contributed by atoms with Crippen molar-refractivity contribution < 1.29 is 27.5 Å². The van der Waals surface area contributed by atoms with Gasteiger partial charge in [0.1, 0.15) is 0 Å². The van der Waals surface area contributed by atoms with Gasteiger partial charge in [-0.3, -0.25) is 4.57 Å². The maximum atomic E-state index is 13.7. The van der Waals surface area contributed by atoms with Crippen LogP contribution in [0.25, 0.3) is 0 Å². The number of alkyl halides is 2. The van der Waals surface area contributed by atoms with Gasteiger partial charge in [0.25, 0.3) is 0 Å². The van der Waals surface area contributed by atoms with Gasteiger partial charge in [0.2, 0.25) is 0 Å². The van der Waals surface area contributed by atoms with Crippen LogP contribution in [0.2, 0.25) is 0 Å². The monoisotopic (exact) mass is 498 g/mol. The molecule has 2 aromatic carbocycles. The zero-order valence-corrected chi connectivity index (χ0v) is 17.0. The fraction of sp³-hybridized carbons (Fsp3) is 0.250. The third-order valence-electron chi connectivity index (χ3n) is 3.30. The lowest BCUT2D eigenvalue weighted by Crippen LogP contribution is -2.15. The summed E-state index contributed by atoms with van der Waals surface area (Å²) in [6.07, 6.45) is -3.13. The van der Waals surface area contributed by atoms with E-state index >= 15 is 0 Å². The lowest BCUT2D eigenvalue weighted by molar-refractivity contribution is -0.186. The Hall–Kier alpha value is -0.630. The first-order valence-electron chi connectivity index (χ1n) is 7.19. The predicted octanol–water partition coefficient (Wildman–Crippen LogP) is 5.42. The van der Waals surface area contributed by atoms with Crippen LogP contribution >= 0.6 is 40.1 Å². The van der Waals surface area contributed by atoms with Crippen molar-refractivity contribution >= 4 is 40.1 Å². The summed E-state index contributed by atoms with van der Waals surface area (Å²) in [5.41, 5.74) is 1.29. The molecule has 1 atom stereocenters. The van der Waals surface area contributed by atoms with E-state index in [2.05, 4.69) is 36.4 Å². The van der Waals surface area contributed by atoms with Crippen LogP contribution in [0.4, 0.5) is 8.78 Å². The molecular weight excluding hydrogens is 485 g/mol. The molecule has 0 spiro atoms. The van der Waals surface area contributed by atoms with Gasteiger partial charge in [-0.2, -0.15) is 8.78 Å². The number of halogens is 4. The van der Waals surface area contributed by atoms with Crippen LogP contribution < -0.4 is 0 Å². The van der Waals surface area contributed by atoms with Crippen molar-refractivity contribution in [1.29, 1.82) is 0 Å². The molecule has 25 heavy (non-hydrogen) atoms. The van der Waals surface area contributed by atoms with Gasteiger partial charge in [0.15, 0.2) is 0 Å². The summed E-state index contributed by atoms with van der Waals surface area (Å²) in [6.45, 7) is 0.736. The summed E-state index contributed by atoms with van der Waals surface area (Å²) < 4.78 is 48.4. The summed E-state index contributed by atoms with van der Waals surface area (Å²) in [5, 5.41) is 0. The molecule has 2 aromatic rings. The number of hydrogen-bond donors (Lipinski definition) is 1. The number of hydrogen-bond acceptors (Lipinski definition) is 3. The summed E-state index contributed by atoms with van der Waals surface area (Å²) >= 11 is 6.50. The van der Waals surface area contributed by atoms with Crippen LogP contribution in [-0.4, -0.2) is 11.5 Å². The molecule has 0 bridgehead atoms. The second kappa shape index (κ2) is 9.35. The van der Waals surface area contributed by atoms with Crippen molar-refractivity contribution in [2.75, 3.05) is 6.61 Å². The van der Waals surface area contributed by atoms with Gasteiger partial charge in [-0.15, -0.1) is 0 Å². The van der Waals surface area contributed by atoms with Gasteiger partial charge < -0.3 is 9.63 Å². The molecule has 0 aliphatic carbocycles. The zero-order chi connectivity index (χ0) is 18.4. The lowest BCUT2D eigenvalue weighted by Gasteiger charge is -2.17. The van der Waals surface area contributed by atoms with Crippen molar-refractivity contribution in [3.8, 4) is 0 Å². The van der Waals surface area contributed by atoms with Gasteiger partial charge in [-0.1, -0.05) is 56.1 Å². The van der Waals surface area contributed by atoms with E-state index in [0.29, 0.717) is 12.2 Å². The molecule has 0 radical (unpaired) electrons. The summed E-state index contributed by atoms with van der Waals surface area (Å²) in [4.78, 5) is 8.56. The Morgan fingerprint density at radius 2 is 1.84 bits per heavy atom. The molecule has 1 unspecified atom stereocenters. The quantitative estimate of drug-likeness (QED) is 0.389. The van der Waals surface area contributed by atoms with Crippen molar-refractivity contribution in [3.63, 3.8) is 0 Å². The van der Waals surface area contributed by atoms with Crippen molar-refractivity contribution in [2.24, 2.45) is 0 Å². The topological polar surface area (TPSA) is 55.8 Å². The fourth-order valence-corrected chi connectivity index (χ4v) is 3.59. The molecule has 0 aromatic heterocycles. The summed E-state index contributed by atoms with van der Waals surface area (Å²) in [5.74, 6) is 0. The van der Waals surface area contributed by atoms with E-state index in [-0.39, 0.29) is 11.1 Å². The second-order valence-electron chi connectivity index (χ2n) is 5.09. The van der Waals surface area contributed by atoms with Gasteiger partial charge in [-0.25, -0.2) is 4.52 Å². The van der Waals surface area contributed by atoms with Crippen LogP contribution in [0.1, 0.15) is 16.7 Å². The smallest absolute Gasteiger partial charge is 0.376 e. The first-order chi connectivity index (χ1) is 11.8. The standard InChI is InChI=1S/C16H15Br2F2O4P/c17-14-4-2-1-3-12(14)7-8-23-10-11-5-6-13(15(18)9-11)16(19,20)24-25(21)22/h1-6,9,25H,7-8,10H2,(H,21,22). The molecule has 9 heteroatoms. The van der Waals surface area contributed by atoms with Crippen LogP contribution in [0.15, 0.2) is 51.4 Å². The molecule has 0 fully saturated rings. The largest absolute Gasteiger partial charge is 0.390 e. The van der Waals surface area contributed by atoms with E-state index in [0.717, 1.165) is 22.5 Å². The van der Waals surface area contributed by atoms with Gasteiger partial charge in [0, 0.05) is 8.95 Å². The predicted molar refractivity (Wildman–Crippen MR) is 97.8 cm³/mol. The van der Waals surface area contributed by atoms with Crippen LogP contribution in [0.3, 0.4) is 0 Å². The Kier molecular flexibility index (Phi) is 7.73. The molecule has 0 saturated heterocycles. The third-order valence-corrected chi connectivity index (χ3v) is 5.17. The normalized spacial score (nSPS) is 13.0. The Balaban J connectivity index is 1.92. The minimum absolute atomic E-state index is 0.0765. The van der Waals surface area contributed by atoms with E-state index < -0.39 is 19.9 Å². The van der Waals surface area contributed by atoms with E-state index in [4.69, 9.17) is 9.63 Å². The zero-order valence-electron chi connectivity index (χ0n) is 12.8. The SMILES string of the molecule is O=[PH](O)OC(F)(F)c1ccc(COCCc2ccccc2Br)cc1Br. The molecule has 0 aliphatic rings. The van der Waals surface area contributed by atoms with Crippen molar-refractivity contribution in [3.05, 3.63) is 68.1 Å². The minimum atomic E-state index is -3.84. The molecule has 0 saturated carbocycles. The first kappa shape index (κ1) is 20.7. The lowest BCUT2D eigenvalue weighted by atomic mass is 10.1. The van der Waals surface area contributed by atoms with Gasteiger partial charge in [0.05, 0.1) is 18.8 Å². The van der Waals surface area contributed by atoms with E-state index in [1.165, 1.54) is 12.1 Å². The van der Waals surface area contributed by atoms with Gasteiger partial charge >= 0.3 is 14.4 Å². The van der Waals surface area contributed by atoms with Crippen LogP contribution in [0.5, 0.6) is 0 Å². The average molecular weight is 500 g/mol. The Labute approximate surface area is 161 Å². The van der Waals surface area contributed by atoms with Crippen molar-refractivity contribution in [2.45, 2.75) is 19.1 Å². The Bertz CT molecular complexity index is 759. The van der Waals surface area contributed by atoms with Crippen LogP contribution in [0, 0.1) is 0 Å².